The number of ether oxygens (including phenoxy) is 1. The second kappa shape index (κ2) is 6.58. The highest BCUT2D eigenvalue weighted by Gasteiger charge is 2.24. The van der Waals surface area contributed by atoms with Gasteiger partial charge in [0.2, 0.25) is 5.91 Å². The van der Waals surface area contributed by atoms with Crippen LogP contribution in [0.5, 0.6) is 5.75 Å². The molecule has 0 aromatic heterocycles. The Balaban J connectivity index is 2.05. The Kier molecular flexibility index (Phi) is 4.80. The average molecular weight is 292 g/mol. The number of carbonyl (C=O) groups is 2. The number of carboxylic acids is 1. The van der Waals surface area contributed by atoms with E-state index < -0.39 is 5.97 Å². The summed E-state index contributed by atoms with van der Waals surface area (Å²) in [5.74, 6) is -0.918. The topological polar surface area (TPSA) is 102 Å². The number of carboxylic acid groups (broad SMARTS) is 1. The van der Waals surface area contributed by atoms with Crippen LogP contribution in [0.4, 0.5) is 5.69 Å². The van der Waals surface area contributed by atoms with Crippen LogP contribution in [0, 0.1) is 5.92 Å². The van der Waals surface area contributed by atoms with Gasteiger partial charge in [0.05, 0.1) is 7.11 Å². The Morgan fingerprint density at radius 3 is 2.52 bits per heavy atom. The van der Waals surface area contributed by atoms with Crippen molar-refractivity contribution in [3.63, 3.8) is 0 Å². The zero-order chi connectivity index (χ0) is 15.4. The average Bonchev–Trinajstić information content (AvgIpc) is 2.47. The standard InChI is InChI=1S/C15H20N2O4/c1-21-13-8-11(6-7-12(13)15(19)20)17-14(18)9-2-4-10(16)5-3-9/h6-10H,2-5,16H2,1H3,(H,17,18)(H,19,20). The molecular formula is C15H20N2O4. The monoisotopic (exact) mass is 292 g/mol. The second-order valence-corrected chi connectivity index (χ2v) is 5.32. The molecule has 0 spiro atoms. The molecule has 1 aliphatic rings. The molecule has 4 N–H and O–H groups in total. The van der Waals surface area contributed by atoms with Crippen molar-refractivity contribution in [2.45, 2.75) is 31.7 Å². The third kappa shape index (κ3) is 3.72. The molecule has 114 valence electrons. The highest BCUT2D eigenvalue weighted by molar-refractivity contribution is 5.95. The minimum atomic E-state index is -1.06. The molecule has 0 radical (unpaired) electrons. The SMILES string of the molecule is COc1cc(NC(=O)C2CCC(N)CC2)ccc1C(=O)O. The molecule has 1 saturated carbocycles. The lowest BCUT2D eigenvalue weighted by Gasteiger charge is -2.25. The van der Waals surface area contributed by atoms with Gasteiger partial charge in [-0.15, -0.1) is 0 Å². The Labute approximate surface area is 123 Å². The van der Waals surface area contributed by atoms with E-state index in [0.717, 1.165) is 25.7 Å². The number of carbonyl (C=O) groups excluding carboxylic acids is 1. The molecule has 1 aromatic carbocycles. The lowest BCUT2D eigenvalue weighted by atomic mass is 9.86. The van der Waals surface area contributed by atoms with Gasteiger partial charge in [0.15, 0.2) is 0 Å². The predicted octanol–water partition coefficient (Wildman–Crippen LogP) is 1.85. The third-order valence-corrected chi connectivity index (χ3v) is 3.84. The highest BCUT2D eigenvalue weighted by atomic mass is 16.5. The molecule has 1 aromatic rings. The summed E-state index contributed by atoms with van der Waals surface area (Å²) in [7, 11) is 1.40. The van der Waals surface area contributed by atoms with Crippen LogP contribution in [0.2, 0.25) is 0 Å². The summed E-state index contributed by atoms with van der Waals surface area (Å²) in [6.45, 7) is 0. The summed E-state index contributed by atoms with van der Waals surface area (Å²) in [6.07, 6.45) is 3.30. The van der Waals surface area contributed by atoms with Crippen molar-refractivity contribution >= 4 is 17.6 Å². The number of anilines is 1. The van der Waals surface area contributed by atoms with Crippen molar-refractivity contribution in [1.82, 2.24) is 0 Å². The number of aromatic carboxylic acids is 1. The van der Waals surface area contributed by atoms with Crippen molar-refractivity contribution in [3.8, 4) is 5.75 Å². The summed E-state index contributed by atoms with van der Waals surface area (Å²) < 4.78 is 5.04. The third-order valence-electron chi connectivity index (χ3n) is 3.84. The molecule has 1 amide bonds. The van der Waals surface area contributed by atoms with Gasteiger partial charge in [-0.05, 0) is 37.8 Å². The summed E-state index contributed by atoms with van der Waals surface area (Å²) in [5.41, 5.74) is 6.44. The van der Waals surface area contributed by atoms with Crippen LogP contribution in [0.3, 0.4) is 0 Å². The van der Waals surface area contributed by atoms with Crippen LogP contribution in [0.25, 0.3) is 0 Å². The fourth-order valence-electron chi connectivity index (χ4n) is 2.57. The van der Waals surface area contributed by atoms with Crippen molar-refractivity contribution in [3.05, 3.63) is 23.8 Å². The van der Waals surface area contributed by atoms with Gasteiger partial charge in [0.1, 0.15) is 11.3 Å². The molecule has 0 heterocycles. The maximum atomic E-state index is 12.2. The van der Waals surface area contributed by atoms with E-state index in [9.17, 15) is 9.59 Å². The molecule has 0 aliphatic heterocycles. The summed E-state index contributed by atoms with van der Waals surface area (Å²) in [5, 5.41) is 11.8. The van der Waals surface area contributed by atoms with Crippen LogP contribution in [-0.2, 0) is 4.79 Å². The van der Waals surface area contributed by atoms with Crippen molar-refractivity contribution in [1.29, 1.82) is 0 Å². The van der Waals surface area contributed by atoms with Crippen LogP contribution in [-0.4, -0.2) is 30.1 Å². The van der Waals surface area contributed by atoms with Gasteiger partial charge in [-0.3, -0.25) is 4.79 Å². The van der Waals surface area contributed by atoms with Crippen LogP contribution in [0.1, 0.15) is 36.0 Å². The molecule has 1 aliphatic carbocycles. The number of hydrogen-bond acceptors (Lipinski definition) is 4. The summed E-state index contributed by atoms with van der Waals surface area (Å²) in [4.78, 5) is 23.2. The van der Waals surface area contributed by atoms with E-state index in [2.05, 4.69) is 5.32 Å². The van der Waals surface area contributed by atoms with Crippen LogP contribution >= 0.6 is 0 Å². The predicted molar refractivity (Wildman–Crippen MR) is 78.5 cm³/mol. The maximum absolute atomic E-state index is 12.2. The van der Waals surface area contributed by atoms with E-state index in [4.69, 9.17) is 15.6 Å². The number of hydrogen-bond donors (Lipinski definition) is 3. The number of nitrogens with two attached hydrogens (primary N) is 1. The molecule has 21 heavy (non-hydrogen) atoms. The number of methoxy groups -OCH3 is 1. The lowest BCUT2D eigenvalue weighted by Crippen LogP contribution is -2.32. The molecule has 2 rings (SSSR count). The van der Waals surface area contributed by atoms with E-state index in [-0.39, 0.29) is 29.2 Å². The zero-order valence-corrected chi connectivity index (χ0v) is 12.0. The smallest absolute Gasteiger partial charge is 0.339 e. The van der Waals surface area contributed by atoms with Gasteiger partial charge in [-0.1, -0.05) is 0 Å². The van der Waals surface area contributed by atoms with Crippen molar-refractivity contribution < 1.29 is 19.4 Å². The number of rotatable bonds is 4. The molecule has 6 nitrogen and oxygen atoms in total. The minimum Gasteiger partial charge on any atom is -0.496 e. The van der Waals surface area contributed by atoms with Gasteiger partial charge < -0.3 is 20.9 Å². The zero-order valence-electron chi connectivity index (χ0n) is 12.0. The minimum absolute atomic E-state index is 0.0325. The Hall–Kier alpha value is -2.08. The molecule has 0 atom stereocenters. The van der Waals surface area contributed by atoms with E-state index in [1.54, 1.807) is 6.07 Å². The number of amides is 1. The first-order valence-electron chi connectivity index (χ1n) is 6.99. The van der Waals surface area contributed by atoms with Gasteiger partial charge in [0.25, 0.3) is 0 Å². The van der Waals surface area contributed by atoms with Crippen LogP contribution in [0.15, 0.2) is 18.2 Å². The number of benzene rings is 1. The van der Waals surface area contributed by atoms with Crippen LogP contribution < -0.4 is 15.8 Å². The first-order valence-corrected chi connectivity index (χ1v) is 6.99. The first-order chi connectivity index (χ1) is 10.0. The molecule has 0 bridgehead atoms. The fourth-order valence-corrected chi connectivity index (χ4v) is 2.57. The van der Waals surface area contributed by atoms with Gasteiger partial charge in [0, 0.05) is 23.7 Å². The Morgan fingerprint density at radius 2 is 1.95 bits per heavy atom. The normalized spacial score (nSPS) is 21.6. The molecule has 0 saturated heterocycles. The largest absolute Gasteiger partial charge is 0.496 e. The molecule has 1 fully saturated rings. The summed E-state index contributed by atoms with van der Waals surface area (Å²) >= 11 is 0. The van der Waals surface area contributed by atoms with Crippen molar-refractivity contribution in [2.75, 3.05) is 12.4 Å². The molecule has 0 unspecified atom stereocenters. The highest BCUT2D eigenvalue weighted by Crippen LogP contribution is 2.27. The van der Waals surface area contributed by atoms with Gasteiger partial charge in [-0.25, -0.2) is 4.79 Å². The Bertz CT molecular complexity index is 536. The van der Waals surface area contributed by atoms with Gasteiger partial charge >= 0.3 is 5.97 Å². The fraction of sp³-hybridized carbons (Fsp3) is 0.467. The lowest BCUT2D eigenvalue weighted by molar-refractivity contribution is -0.120. The Morgan fingerprint density at radius 1 is 1.29 bits per heavy atom. The quantitative estimate of drug-likeness (QED) is 0.786. The van der Waals surface area contributed by atoms with E-state index in [1.807, 2.05) is 0 Å². The molecule has 6 heteroatoms. The van der Waals surface area contributed by atoms with Crippen molar-refractivity contribution in [2.24, 2.45) is 11.7 Å². The first kappa shape index (κ1) is 15.3. The van der Waals surface area contributed by atoms with E-state index in [1.165, 1.54) is 19.2 Å². The maximum Gasteiger partial charge on any atom is 0.339 e. The summed E-state index contributed by atoms with van der Waals surface area (Å²) in [6, 6.07) is 4.71. The van der Waals surface area contributed by atoms with Gasteiger partial charge in [-0.2, -0.15) is 0 Å². The van der Waals surface area contributed by atoms with E-state index in [0.29, 0.717) is 5.69 Å². The second-order valence-electron chi connectivity index (χ2n) is 5.32. The van der Waals surface area contributed by atoms with E-state index >= 15 is 0 Å². The molecular weight excluding hydrogens is 272 g/mol. The number of nitrogens with one attached hydrogen (secondary N) is 1.